The van der Waals surface area contributed by atoms with Crippen LogP contribution in [0.15, 0.2) is 42.5 Å². The Kier molecular flexibility index (Phi) is 3.74. The highest BCUT2D eigenvalue weighted by Gasteiger charge is 2.28. The molecule has 0 aliphatic rings. The Morgan fingerprint density at radius 3 is 2.45 bits per heavy atom. The summed E-state index contributed by atoms with van der Waals surface area (Å²) < 4.78 is 28.2. The minimum Gasteiger partial charge on any atom is -0.295 e. The van der Waals surface area contributed by atoms with Crippen LogP contribution in [0.25, 0.3) is 21.3 Å². The molecular weight excluding hydrogens is 304 g/mol. The molecule has 0 radical (unpaired) electrons. The normalized spacial score (nSPS) is 11.8. The molecule has 0 aliphatic carbocycles. The lowest BCUT2D eigenvalue weighted by atomic mass is 10.0. The second-order valence-electron chi connectivity index (χ2n) is 4.99. The van der Waals surface area contributed by atoms with E-state index in [1.54, 1.807) is 12.1 Å². The summed E-state index contributed by atoms with van der Waals surface area (Å²) in [6.07, 6.45) is 0.513. The van der Waals surface area contributed by atoms with Crippen LogP contribution in [-0.2, 0) is 5.92 Å². The van der Waals surface area contributed by atoms with E-state index in [0.717, 1.165) is 27.6 Å². The smallest absolute Gasteiger partial charge is 0.273 e. The van der Waals surface area contributed by atoms with E-state index >= 15 is 0 Å². The van der Waals surface area contributed by atoms with Crippen molar-refractivity contribution in [2.45, 2.75) is 19.3 Å². The summed E-state index contributed by atoms with van der Waals surface area (Å²) in [4.78, 5) is 14.9. The molecule has 0 saturated carbocycles. The van der Waals surface area contributed by atoms with Crippen molar-refractivity contribution in [3.8, 4) is 11.1 Å². The van der Waals surface area contributed by atoms with Crippen LogP contribution in [0, 0.1) is 0 Å². The number of thiazole rings is 1. The average molecular weight is 317 g/mol. The molecule has 0 fully saturated rings. The maximum Gasteiger partial charge on any atom is 0.273 e. The monoisotopic (exact) mass is 317 g/mol. The molecule has 3 rings (SSSR count). The summed E-state index contributed by atoms with van der Waals surface area (Å²) >= 11 is 1.32. The zero-order chi connectivity index (χ0) is 15.7. The van der Waals surface area contributed by atoms with Crippen molar-refractivity contribution in [2.75, 3.05) is 0 Å². The number of alkyl halides is 2. The number of rotatable bonds is 4. The number of hydrogen-bond acceptors (Lipinski definition) is 3. The van der Waals surface area contributed by atoms with Crippen molar-refractivity contribution in [2.24, 2.45) is 0 Å². The Hall–Kier alpha value is -2.14. The van der Waals surface area contributed by atoms with Crippen LogP contribution >= 0.6 is 11.3 Å². The van der Waals surface area contributed by atoms with Gasteiger partial charge in [-0.25, -0.2) is 13.8 Å². The summed E-state index contributed by atoms with van der Waals surface area (Å²) in [6, 6.07) is 12.0. The molecule has 0 saturated heterocycles. The Balaban J connectivity index is 1.98. The van der Waals surface area contributed by atoms with Gasteiger partial charge in [-0.15, -0.1) is 11.3 Å². The van der Waals surface area contributed by atoms with Gasteiger partial charge in [-0.05, 0) is 23.3 Å². The Morgan fingerprint density at radius 2 is 1.82 bits per heavy atom. The van der Waals surface area contributed by atoms with Gasteiger partial charge in [-0.2, -0.15) is 0 Å². The van der Waals surface area contributed by atoms with E-state index in [9.17, 15) is 13.6 Å². The first-order chi connectivity index (χ1) is 10.5. The van der Waals surface area contributed by atoms with E-state index in [1.807, 2.05) is 18.2 Å². The van der Waals surface area contributed by atoms with Gasteiger partial charge in [0.05, 0.1) is 10.2 Å². The summed E-state index contributed by atoms with van der Waals surface area (Å²) in [7, 11) is 0. The number of aromatic nitrogens is 1. The van der Waals surface area contributed by atoms with Crippen LogP contribution < -0.4 is 0 Å². The highest BCUT2D eigenvalue weighted by atomic mass is 32.1. The molecule has 0 spiro atoms. The lowest BCUT2D eigenvalue weighted by Crippen LogP contribution is -2.10. The zero-order valence-electron chi connectivity index (χ0n) is 11.8. The first-order valence-corrected chi connectivity index (χ1v) is 7.69. The minimum atomic E-state index is -2.79. The molecule has 0 amide bonds. The predicted octanol–water partition coefficient (Wildman–Crippen LogP) is 5.28. The molecule has 0 N–H and O–H groups in total. The summed E-state index contributed by atoms with van der Waals surface area (Å²) in [5.74, 6) is -2.79. The summed E-state index contributed by atoms with van der Waals surface area (Å²) in [6.45, 7) is 1.47. The quantitative estimate of drug-likeness (QED) is 0.613. The fraction of sp³-hybridized carbons (Fsp3) is 0.176. The van der Waals surface area contributed by atoms with Gasteiger partial charge in [0.25, 0.3) is 5.92 Å². The van der Waals surface area contributed by atoms with E-state index in [1.165, 1.54) is 30.4 Å². The standard InChI is InChI=1S/C17H13F2NOS/c1-2-17(18,19)13-6-3-11(4-7-13)12-5-8-14-15(9-12)22-16(10-21)20-14/h3-10H,2H2,1H3. The van der Waals surface area contributed by atoms with Crippen LogP contribution in [0.4, 0.5) is 8.78 Å². The molecule has 1 aromatic heterocycles. The van der Waals surface area contributed by atoms with Crippen molar-refractivity contribution in [3.63, 3.8) is 0 Å². The van der Waals surface area contributed by atoms with Crippen LogP contribution in [0.1, 0.15) is 28.7 Å². The topological polar surface area (TPSA) is 30.0 Å². The highest BCUT2D eigenvalue weighted by molar-refractivity contribution is 7.20. The molecule has 22 heavy (non-hydrogen) atoms. The van der Waals surface area contributed by atoms with Gasteiger partial charge in [0.1, 0.15) is 0 Å². The fourth-order valence-electron chi connectivity index (χ4n) is 2.28. The maximum atomic E-state index is 13.6. The van der Waals surface area contributed by atoms with Crippen molar-refractivity contribution >= 4 is 27.8 Å². The van der Waals surface area contributed by atoms with E-state index in [0.29, 0.717) is 5.01 Å². The van der Waals surface area contributed by atoms with Gasteiger partial charge in [0.15, 0.2) is 11.3 Å². The first kappa shape index (κ1) is 14.8. The third kappa shape index (κ3) is 2.64. The van der Waals surface area contributed by atoms with Gasteiger partial charge in [-0.3, -0.25) is 4.79 Å². The van der Waals surface area contributed by atoms with Crippen LogP contribution in [0.2, 0.25) is 0 Å². The molecule has 5 heteroatoms. The lowest BCUT2D eigenvalue weighted by molar-refractivity contribution is -0.00827. The number of nitrogens with zero attached hydrogens (tertiary/aromatic N) is 1. The second kappa shape index (κ2) is 5.57. The van der Waals surface area contributed by atoms with Gasteiger partial charge in [-0.1, -0.05) is 37.3 Å². The molecule has 0 unspecified atom stereocenters. The van der Waals surface area contributed by atoms with E-state index in [2.05, 4.69) is 4.98 Å². The maximum absolute atomic E-state index is 13.6. The van der Waals surface area contributed by atoms with Crippen molar-refractivity contribution in [1.82, 2.24) is 4.98 Å². The number of carbonyl (C=O) groups is 1. The predicted molar refractivity (Wildman–Crippen MR) is 84.6 cm³/mol. The Bertz CT molecular complexity index is 824. The van der Waals surface area contributed by atoms with E-state index in [-0.39, 0.29) is 12.0 Å². The van der Waals surface area contributed by atoms with Crippen molar-refractivity contribution in [3.05, 3.63) is 53.0 Å². The molecule has 2 nitrogen and oxygen atoms in total. The molecule has 112 valence electrons. The molecule has 0 bridgehead atoms. The van der Waals surface area contributed by atoms with Crippen molar-refractivity contribution < 1.29 is 13.6 Å². The van der Waals surface area contributed by atoms with Gasteiger partial charge in [0.2, 0.25) is 0 Å². The van der Waals surface area contributed by atoms with E-state index in [4.69, 9.17) is 0 Å². The van der Waals surface area contributed by atoms with Crippen LogP contribution in [0.5, 0.6) is 0 Å². The number of fused-ring (bicyclic) bond motifs is 1. The SMILES string of the molecule is CCC(F)(F)c1ccc(-c2ccc3nc(C=O)sc3c2)cc1. The molecule has 2 aromatic carbocycles. The number of hydrogen-bond donors (Lipinski definition) is 0. The van der Waals surface area contributed by atoms with Crippen LogP contribution in [-0.4, -0.2) is 11.3 Å². The average Bonchev–Trinajstić information content (AvgIpc) is 2.97. The Labute approximate surface area is 130 Å². The highest BCUT2D eigenvalue weighted by Crippen LogP contribution is 2.33. The molecule has 0 atom stereocenters. The second-order valence-corrected chi connectivity index (χ2v) is 6.05. The van der Waals surface area contributed by atoms with Gasteiger partial charge < -0.3 is 0 Å². The van der Waals surface area contributed by atoms with E-state index < -0.39 is 5.92 Å². The number of halogens is 2. The first-order valence-electron chi connectivity index (χ1n) is 6.88. The third-order valence-electron chi connectivity index (χ3n) is 3.59. The summed E-state index contributed by atoms with van der Waals surface area (Å²) in [5, 5.41) is 0.435. The van der Waals surface area contributed by atoms with Crippen LogP contribution in [0.3, 0.4) is 0 Å². The molecular formula is C17H13F2NOS. The number of benzene rings is 2. The lowest BCUT2D eigenvalue weighted by Gasteiger charge is -2.14. The molecule has 0 aliphatic heterocycles. The Morgan fingerprint density at radius 1 is 1.14 bits per heavy atom. The zero-order valence-corrected chi connectivity index (χ0v) is 12.7. The largest absolute Gasteiger partial charge is 0.295 e. The van der Waals surface area contributed by atoms with Gasteiger partial charge in [0, 0.05) is 12.0 Å². The minimum absolute atomic E-state index is 0.0286. The number of carbonyl (C=O) groups excluding carboxylic acids is 1. The number of aldehydes is 1. The van der Waals surface area contributed by atoms with Crippen molar-refractivity contribution in [1.29, 1.82) is 0 Å². The molecule has 1 heterocycles. The van der Waals surface area contributed by atoms with Gasteiger partial charge >= 0.3 is 0 Å². The fourth-order valence-corrected chi connectivity index (χ4v) is 3.10. The summed E-state index contributed by atoms with van der Waals surface area (Å²) in [5.41, 5.74) is 2.57. The third-order valence-corrected chi connectivity index (χ3v) is 4.53. The molecule has 3 aromatic rings.